The van der Waals surface area contributed by atoms with Crippen molar-refractivity contribution in [3.05, 3.63) is 88.5 Å². The number of imidazole rings is 1. The van der Waals surface area contributed by atoms with Crippen molar-refractivity contribution in [3.8, 4) is 11.3 Å². The van der Waals surface area contributed by atoms with Crippen LogP contribution in [0.5, 0.6) is 0 Å². The van der Waals surface area contributed by atoms with Gasteiger partial charge in [-0.2, -0.15) is 0 Å². The van der Waals surface area contributed by atoms with Gasteiger partial charge in [-0.3, -0.25) is 9.20 Å². The Kier molecular flexibility index (Phi) is 5.94. The Labute approximate surface area is 212 Å². The quantitative estimate of drug-likeness (QED) is 0.353. The van der Waals surface area contributed by atoms with E-state index in [2.05, 4.69) is 26.3 Å². The van der Waals surface area contributed by atoms with E-state index in [9.17, 15) is 9.18 Å². The van der Waals surface area contributed by atoms with Gasteiger partial charge in [-0.05, 0) is 50.3 Å². The molecule has 0 radical (unpaired) electrons. The van der Waals surface area contributed by atoms with Gasteiger partial charge >= 0.3 is 0 Å². The van der Waals surface area contributed by atoms with E-state index in [0.29, 0.717) is 41.6 Å². The van der Waals surface area contributed by atoms with E-state index < -0.39 is 0 Å². The number of anilines is 2. The number of halogens is 1. The van der Waals surface area contributed by atoms with Crippen LogP contribution in [-0.4, -0.2) is 51.6 Å². The molecule has 1 atom stereocenters. The Balaban J connectivity index is 1.43. The van der Waals surface area contributed by atoms with Gasteiger partial charge in [0.2, 0.25) is 0 Å². The molecule has 0 amide bonds. The lowest BCUT2D eigenvalue weighted by atomic mass is 9.96. The van der Waals surface area contributed by atoms with Crippen molar-refractivity contribution in [2.45, 2.75) is 18.9 Å². The SMILES string of the molecule is CN(C)Cc1nc(Nc2ccc(-c3cnc4cc(F)ccn34)c3cc[nH]c(=O)c23)ccc1C1CCOC1. The number of rotatable bonds is 6. The molecule has 2 N–H and O–H groups in total. The second kappa shape index (κ2) is 9.42. The van der Waals surface area contributed by atoms with Gasteiger partial charge in [0.1, 0.15) is 17.3 Å². The molecule has 188 valence electrons. The zero-order valence-corrected chi connectivity index (χ0v) is 20.7. The molecule has 1 unspecified atom stereocenters. The first kappa shape index (κ1) is 23.3. The minimum Gasteiger partial charge on any atom is -0.381 e. The fourth-order valence-corrected chi connectivity index (χ4v) is 5.09. The number of aromatic amines is 1. The van der Waals surface area contributed by atoms with Crippen molar-refractivity contribution in [1.82, 2.24) is 24.3 Å². The maximum Gasteiger partial charge on any atom is 0.257 e. The summed E-state index contributed by atoms with van der Waals surface area (Å²) in [4.78, 5) is 27.2. The number of benzene rings is 1. The van der Waals surface area contributed by atoms with Crippen LogP contribution in [0, 0.1) is 5.82 Å². The summed E-state index contributed by atoms with van der Waals surface area (Å²) in [5.41, 5.74) is 4.74. The Bertz CT molecular complexity index is 1670. The molecule has 9 heteroatoms. The monoisotopic (exact) mass is 498 g/mol. The lowest BCUT2D eigenvalue weighted by Crippen LogP contribution is -2.16. The average molecular weight is 499 g/mol. The molecular weight excluding hydrogens is 471 g/mol. The molecule has 37 heavy (non-hydrogen) atoms. The highest BCUT2D eigenvalue weighted by atomic mass is 19.1. The second-order valence-corrected chi connectivity index (χ2v) is 9.63. The van der Waals surface area contributed by atoms with Crippen LogP contribution < -0.4 is 10.9 Å². The normalized spacial score (nSPS) is 15.7. The summed E-state index contributed by atoms with van der Waals surface area (Å²) in [5, 5.41) is 4.66. The first-order chi connectivity index (χ1) is 18.0. The number of pyridine rings is 3. The predicted molar refractivity (Wildman–Crippen MR) is 142 cm³/mol. The van der Waals surface area contributed by atoms with Crippen LogP contribution in [0.25, 0.3) is 27.7 Å². The number of nitrogens with zero attached hydrogens (tertiary/aromatic N) is 4. The molecule has 5 aromatic rings. The molecule has 1 saturated heterocycles. The summed E-state index contributed by atoms with van der Waals surface area (Å²) >= 11 is 0. The smallest absolute Gasteiger partial charge is 0.257 e. The molecule has 6 rings (SSSR count). The zero-order chi connectivity index (χ0) is 25.5. The van der Waals surface area contributed by atoms with Gasteiger partial charge in [0.25, 0.3) is 5.56 Å². The third-order valence-corrected chi connectivity index (χ3v) is 6.80. The number of ether oxygens (including phenoxy) is 1. The van der Waals surface area contributed by atoms with E-state index >= 15 is 0 Å². The summed E-state index contributed by atoms with van der Waals surface area (Å²) in [6.45, 7) is 2.19. The molecule has 1 fully saturated rings. The minimum atomic E-state index is -0.349. The highest BCUT2D eigenvalue weighted by Crippen LogP contribution is 2.34. The number of hydrogen-bond acceptors (Lipinski definition) is 6. The van der Waals surface area contributed by atoms with Gasteiger partial charge in [-0.15, -0.1) is 0 Å². The van der Waals surface area contributed by atoms with Crippen LogP contribution in [0.2, 0.25) is 0 Å². The van der Waals surface area contributed by atoms with Crippen LogP contribution in [-0.2, 0) is 11.3 Å². The van der Waals surface area contributed by atoms with Crippen molar-refractivity contribution < 1.29 is 9.13 Å². The van der Waals surface area contributed by atoms with Gasteiger partial charge in [-0.25, -0.2) is 14.4 Å². The molecule has 5 heterocycles. The van der Waals surface area contributed by atoms with Gasteiger partial charge in [0.15, 0.2) is 0 Å². The molecule has 0 spiro atoms. The number of hydrogen-bond donors (Lipinski definition) is 2. The van der Waals surface area contributed by atoms with Crippen LogP contribution in [0.1, 0.15) is 23.6 Å². The van der Waals surface area contributed by atoms with Crippen molar-refractivity contribution in [2.75, 3.05) is 32.6 Å². The molecule has 4 aromatic heterocycles. The zero-order valence-electron chi connectivity index (χ0n) is 20.7. The molecule has 0 bridgehead atoms. The predicted octanol–water partition coefficient (Wildman–Crippen LogP) is 4.69. The molecular formula is C28H27FN6O2. The van der Waals surface area contributed by atoms with Crippen LogP contribution in [0.3, 0.4) is 0 Å². The fraction of sp³-hybridized carbons (Fsp3) is 0.250. The topological polar surface area (TPSA) is 87.6 Å². The van der Waals surface area contributed by atoms with E-state index in [4.69, 9.17) is 9.72 Å². The van der Waals surface area contributed by atoms with E-state index in [1.54, 1.807) is 18.6 Å². The van der Waals surface area contributed by atoms with E-state index in [-0.39, 0.29) is 11.4 Å². The van der Waals surface area contributed by atoms with E-state index in [0.717, 1.165) is 35.4 Å². The number of aromatic nitrogens is 4. The third kappa shape index (κ3) is 4.36. The van der Waals surface area contributed by atoms with Crippen LogP contribution >= 0.6 is 0 Å². The molecule has 8 nitrogen and oxygen atoms in total. The summed E-state index contributed by atoms with van der Waals surface area (Å²) < 4.78 is 21.1. The summed E-state index contributed by atoms with van der Waals surface area (Å²) in [5.74, 6) is 0.665. The summed E-state index contributed by atoms with van der Waals surface area (Å²) in [6, 6.07) is 12.5. The van der Waals surface area contributed by atoms with Gasteiger partial charge in [0, 0.05) is 48.5 Å². The largest absolute Gasteiger partial charge is 0.381 e. The number of H-pyrrole nitrogens is 1. The summed E-state index contributed by atoms with van der Waals surface area (Å²) in [7, 11) is 4.05. The molecule has 1 aromatic carbocycles. The van der Waals surface area contributed by atoms with Gasteiger partial charge in [0.05, 0.1) is 35.3 Å². The van der Waals surface area contributed by atoms with E-state index in [1.165, 1.54) is 17.7 Å². The standard InChI is InChI=1S/C28H27FN6O2/c1-34(2)15-23-19(17-9-12-37-16-17)4-6-25(33-23)32-22-5-3-20(21-7-10-30-28(36)27(21)22)24-14-31-26-13-18(29)8-11-35(24)26/h3-8,10-11,13-14,17H,9,12,15-16H2,1-2H3,(H,30,36)(H,32,33). The second-order valence-electron chi connectivity index (χ2n) is 9.63. The summed E-state index contributed by atoms with van der Waals surface area (Å²) in [6.07, 6.45) is 5.96. The Hall–Kier alpha value is -4.08. The van der Waals surface area contributed by atoms with Crippen molar-refractivity contribution in [3.63, 3.8) is 0 Å². The molecule has 1 aliphatic heterocycles. The third-order valence-electron chi connectivity index (χ3n) is 6.80. The lowest BCUT2D eigenvalue weighted by Gasteiger charge is -2.19. The lowest BCUT2D eigenvalue weighted by molar-refractivity contribution is 0.193. The fourth-order valence-electron chi connectivity index (χ4n) is 5.09. The van der Waals surface area contributed by atoms with Crippen LogP contribution in [0.4, 0.5) is 15.9 Å². The molecule has 1 aliphatic rings. The maximum absolute atomic E-state index is 13.7. The van der Waals surface area contributed by atoms with Gasteiger partial charge in [-0.1, -0.05) is 12.1 Å². The van der Waals surface area contributed by atoms with Crippen LogP contribution in [0.15, 0.2) is 65.8 Å². The van der Waals surface area contributed by atoms with Crippen molar-refractivity contribution in [2.24, 2.45) is 0 Å². The minimum absolute atomic E-state index is 0.213. The Morgan fingerprint density at radius 2 is 2.11 bits per heavy atom. The first-order valence-corrected chi connectivity index (χ1v) is 12.2. The number of fused-ring (bicyclic) bond motifs is 2. The van der Waals surface area contributed by atoms with Gasteiger partial charge < -0.3 is 19.9 Å². The molecule has 0 aliphatic carbocycles. The van der Waals surface area contributed by atoms with Crippen molar-refractivity contribution >= 4 is 27.9 Å². The first-order valence-electron chi connectivity index (χ1n) is 12.2. The Morgan fingerprint density at radius 3 is 2.92 bits per heavy atom. The molecule has 0 saturated carbocycles. The highest BCUT2D eigenvalue weighted by molar-refractivity contribution is 6.03. The highest BCUT2D eigenvalue weighted by Gasteiger charge is 2.22. The van der Waals surface area contributed by atoms with E-state index in [1.807, 2.05) is 42.8 Å². The Morgan fingerprint density at radius 1 is 1.22 bits per heavy atom. The number of nitrogens with one attached hydrogen (secondary N) is 2. The maximum atomic E-state index is 13.7. The average Bonchev–Trinajstić information content (AvgIpc) is 3.54. The van der Waals surface area contributed by atoms with Crippen molar-refractivity contribution in [1.29, 1.82) is 0 Å².